The summed E-state index contributed by atoms with van der Waals surface area (Å²) >= 11 is 0. The molecule has 3 heteroatoms. The van der Waals surface area contributed by atoms with Gasteiger partial charge in [-0.25, -0.2) is 0 Å². The second-order valence-electron chi connectivity index (χ2n) is 7.55. The van der Waals surface area contributed by atoms with E-state index in [0.717, 1.165) is 12.8 Å². The Morgan fingerprint density at radius 2 is 1.76 bits per heavy atom. The first-order valence-electron chi connectivity index (χ1n) is 8.44. The molecular formula is C18H36O2Si. The largest absolute Gasteiger partial charge is 0.404 e. The Morgan fingerprint density at radius 3 is 2.29 bits per heavy atom. The zero-order chi connectivity index (χ0) is 16.5. The molecule has 0 saturated carbocycles. The van der Waals surface area contributed by atoms with Crippen LogP contribution in [0.3, 0.4) is 0 Å². The summed E-state index contributed by atoms with van der Waals surface area (Å²) in [6, 6.07) is 0. The maximum Gasteiger partial charge on any atom is 0.193 e. The third kappa shape index (κ3) is 9.34. The number of rotatable bonds is 8. The Balaban J connectivity index is 4.10. The molecule has 0 bridgehead atoms. The van der Waals surface area contributed by atoms with Crippen molar-refractivity contribution in [2.24, 2.45) is 0 Å². The third-order valence-electron chi connectivity index (χ3n) is 4.31. The number of aliphatic hydroxyl groups is 1. The van der Waals surface area contributed by atoms with Crippen LogP contribution in [-0.4, -0.2) is 25.6 Å². The first-order valence-corrected chi connectivity index (χ1v) is 11.3. The maximum absolute atomic E-state index is 9.89. The smallest absolute Gasteiger partial charge is 0.193 e. The molecule has 2 atom stereocenters. The molecule has 0 aromatic rings. The fourth-order valence-electron chi connectivity index (χ4n) is 1.88. The van der Waals surface area contributed by atoms with Gasteiger partial charge in [-0.05, 0) is 31.5 Å². The van der Waals surface area contributed by atoms with Crippen molar-refractivity contribution in [1.29, 1.82) is 0 Å². The van der Waals surface area contributed by atoms with Crippen molar-refractivity contribution >= 4 is 8.32 Å². The molecule has 124 valence electrons. The topological polar surface area (TPSA) is 29.5 Å². The van der Waals surface area contributed by atoms with E-state index in [1.54, 1.807) is 0 Å². The van der Waals surface area contributed by atoms with Gasteiger partial charge in [-0.1, -0.05) is 65.2 Å². The van der Waals surface area contributed by atoms with Gasteiger partial charge in [-0.15, -0.1) is 0 Å². The van der Waals surface area contributed by atoms with Gasteiger partial charge in [-0.2, -0.15) is 0 Å². The van der Waals surface area contributed by atoms with Gasteiger partial charge in [-0.3, -0.25) is 0 Å². The summed E-state index contributed by atoms with van der Waals surface area (Å²) in [6.07, 6.45) is 5.92. The van der Waals surface area contributed by atoms with Crippen molar-refractivity contribution in [3.63, 3.8) is 0 Å². The number of hydrogen-bond acceptors (Lipinski definition) is 2. The van der Waals surface area contributed by atoms with Crippen LogP contribution in [0.25, 0.3) is 0 Å². The van der Waals surface area contributed by atoms with E-state index in [2.05, 4.69) is 52.6 Å². The van der Waals surface area contributed by atoms with Crippen LogP contribution in [0.15, 0.2) is 0 Å². The van der Waals surface area contributed by atoms with Gasteiger partial charge in [0.25, 0.3) is 0 Å². The molecule has 0 heterocycles. The molecule has 0 aromatic carbocycles. The van der Waals surface area contributed by atoms with E-state index in [1.807, 2.05) is 6.92 Å². The summed E-state index contributed by atoms with van der Waals surface area (Å²) in [5.41, 5.74) is 0. The van der Waals surface area contributed by atoms with Crippen LogP contribution in [0.2, 0.25) is 18.1 Å². The standard InChI is InChI=1S/C18H36O2Si/c1-8-9-10-11-14-17(19)15-12-13-16(2)20-21(6,7)18(3,4)5/h16-17,19H,8-11,14-15H2,1-7H3/t16?,17-/m1/s1. The molecule has 0 saturated heterocycles. The molecule has 2 nitrogen and oxygen atoms in total. The monoisotopic (exact) mass is 312 g/mol. The molecule has 0 aliphatic rings. The summed E-state index contributed by atoms with van der Waals surface area (Å²) < 4.78 is 6.18. The van der Waals surface area contributed by atoms with Crippen molar-refractivity contribution in [1.82, 2.24) is 0 Å². The lowest BCUT2D eigenvalue weighted by Crippen LogP contribution is -2.43. The molecule has 0 aliphatic carbocycles. The molecule has 1 N–H and O–H groups in total. The van der Waals surface area contributed by atoms with Crippen molar-refractivity contribution in [2.75, 3.05) is 0 Å². The number of aliphatic hydroxyl groups excluding tert-OH is 1. The van der Waals surface area contributed by atoms with Gasteiger partial charge in [0, 0.05) is 6.42 Å². The quantitative estimate of drug-likeness (QED) is 0.383. The minimum atomic E-state index is -1.74. The molecule has 1 unspecified atom stereocenters. The van der Waals surface area contributed by atoms with Crippen molar-refractivity contribution < 1.29 is 9.53 Å². The van der Waals surface area contributed by atoms with Gasteiger partial charge >= 0.3 is 0 Å². The van der Waals surface area contributed by atoms with Gasteiger partial charge in [0.15, 0.2) is 8.32 Å². The Kier molecular flexibility index (Phi) is 9.52. The van der Waals surface area contributed by atoms with Crippen molar-refractivity contribution in [3.8, 4) is 11.8 Å². The summed E-state index contributed by atoms with van der Waals surface area (Å²) in [6.45, 7) is 15.4. The molecule has 0 rings (SSSR count). The fourth-order valence-corrected chi connectivity index (χ4v) is 3.17. The molecule has 0 fully saturated rings. The van der Waals surface area contributed by atoms with E-state index < -0.39 is 8.32 Å². The minimum Gasteiger partial charge on any atom is -0.404 e. The normalized spacial score (nSPS) is 15.2. The molecule has 21 heavy (non-hydrogen) atoms. The van der Waals surface area contributed by atoms with E-state index in [1.165, 1.54) is 19.3 Å². The van der Waals surface area contributed by atoms with Crippen LogP contribution in [0, 0.1) is 11.8 Å². The van der Waals surface area contributed by atoms with Crippen LogP contribution in [0.1, 0.15) is 73.1 Å². The van der Waals surface area contributed by atoms with Crippen LogP contribution in [-0.2, 0) is 4.43 Å². The van der Waals surface area contributed by atoms with E-state index in [4.69, 9.17) is 4.43 Å². The molecular weight excluding hydrogens is 276 g/mol. The zero-order valence-electron chi connectivity index (χ0n) is 15.3. The summed E-state index contributed by atoms with van der Waals surface area (Å²) in [5, 5.41) is 10.1. The number of hydrogen-bond donors (Lipinski definition) is 1. The summed E-state index contributed by atoms with van der Waals surface area (Å²) in [5.74, 6) is 6.24. The first kappa shape index (κ1) is 20.7. The Labute approximate surface area is 133 Å². The second kappa shape index (κ2) is 9.66. The van der Waals surface area contributed by atoms with Crippen molar-refractivity contribution in [3.05, 3.63) is 0 Å². The molecule has 0 aliphatic heterocycles. The SMILES string of the molecule is CCCCCC[C@@H](O)CC#CC(C)O[Si](C)(C)C(C)(C)C. The summed E-state index contributed by atoms with van der Waals surface area (Å²) in [7, 11) is -1.74. The Hall–Kier alpha value is -0.303. The third-order valence-corrected chi connectivity index (χ3v) is 8.87. The van der Waals surface area contributed by atoms with Crippen LogP contribution in [0.5, 0.6) is 0 Å². The van der Waals surface area contributed by atoms with E-state index in [-0.39, 0.29) is 17.2 Å². The van der Waals surface area contributed by atoms with Crippen LogP contribution < -0.4 is 0 Å². The van der Waals surface area contributed by atoms with Crippen LogP contribution in [0.4, 0.5) is 0 Å². The molecule has 0 spiro atoms. The molecule has 0 aromatic heterocycles. The first-order chi connectivity index (χ1) is 9.60. The highest BCUT2D eigenvalue weighted by Crippen LogP contribution is 2.37. The number of unbranched alkanes of at least 4 members (excludes halogenated alkanes) is 3. The predicted octanol–water partition coefficient (Wildman–Crippen LogP) is 5.12. The second-order valence-corrected chi connectivity index (χ2v) is 12.3. The van der Waals surface area contributed by atoms with Gasteiger partial charge in [0.2, 0.25) is 0 Å². The van der Waals surface area contributed by atoms with Gasteiger partial charge in [0.05, 0.1) is 6.10 Å². The van der Waals surface area contributed by atoms with E-state index >= 15 is 0 Å². The van der Waals surface area contributed by atoms with Crippen molar-refractivity contribution in [2.45, 2.75) is 103 Å². The lowest BCUT2D eigenvalue weighted by molar-refractivity contribution is 0.166. The summed E-state index contributed by atoms with van der Waals surface area (Å²) in [4.78, 5) is 0. The lowest BCUT2D eigenvalue weighted by atomic mass is 10.1. The van der Waals surface area contributed by atoms with E-state index in [0.29, 0.717) is 6.42 Å². The Morgan fingerprint density at radius 1 is 1.14 bits per heavy atom. The highest BCUT2D eigenvalue weighted by Gasteiger charge is 2.38. The molecule has 0 radical (unpaired) electrons. The van der Waals surface area contributed by atoms with Gasteiger partial charge in [0.1, 0.15) is 6.10 Å². The van der Waals surface area contributed by atoms with Crippen LogP contribution >= 0.6 is 0 Å². The minimum absolute atomic E-state index is 0.0433. The average molecular weight is 313 g/mol. The van der Waals surface area contributed by atoms with Gasteiger partial charge < -0.3 is 9.53 Å². The van der Waals surface area contributed by atoms with E-state index in [9.17, 15) is 5.11 Å². The highest BCUT2D eigenvalue weighted by molar-refractivity contribution is 6.74. The predicted molar refractivity (Wildman–Crippen MR) is 94.9 cm³/mol. The Bertz CT molecular complexity index is 333. The zero-order valence-corrected chi connectivity index (χ0v) is 16.3. The average Bonchev–Trinajstić information content (AvgIpc) is 2.32. The lowest BCUT2D eigenvalue weighted by Gasteiger charge is -2.37. The highest BCUT2D eigenvalue weighted by atomic mass is 28.4. The fraction of sp³-hybridized carbons (Fsp3) is 0.889. The maximum atomic E-state index is 9.89. The molecule has 0 amide bonds.